The normalized spacial score (nSPS) is 30.8. The van der Waals surface area contributed by atoms with E-state index in [9.17, 15) is 19.2 Å². The Bertz CT molecular complexity index is 1490. The van der Waals surface area contributed by atoms with E-state index < -0.39 is 77.3 Å². The number of hydrogen-bond donors (Lipinski definition) is 1. The van der Waals surface area contributed by atoms with E-state index in [1.54, 1.807) is 39.1 Å². The number of esters is 1. The van der Waals surface area contributed by atoms with Crippen LogP contribution in [0, 0.1) is 23.7 Å². The van der Waals surface area contributed by atoms with Crippen LogP contribution < -0.4 is 10.6 Å². The Morgan fingerprint density at radius 1 is 0.983 bits per heavy atom. The van der Waals surface area contributed by atoms with Gasteiger partial charge in [-0.25, -0.2) is 19.0 Å². The van der Waals surface area contributed by atoms with Crippen LogP contribution in [0.5, 0.6) is 0 Å². The lowest BCUT2D eigenvalue weighted by Gasteiger charge is -2.41. The number of hydrogen-bond acceptors (Lipinski definition) is 12. The number of nitrogen functional groups attached to an aromatic ring is 1. The number of carbonyl (C=O) groups excluding carboxylic acids is 4. The zero-order chi connectivity index (χ0) is 46.3. The molecule has 2 N–H and O–H groups in total. The number of cyclic esters (lactones) is 1. The summed E-state index contributed by atoms with van der Waals surface area (Å²) in [5, 5.41) is 0. The lowest BCUT2D eigenvalue weighted by molar-refractivity contribution is -0.237. The van der Waals surface area contributed by atoms with Crippen molar-refractivity contribution in [2.24, 2.45) is 23.7 Å². The number of pyridine rings is 1. The van der Waals surface area contributed by atoms with Crippen LogP contribution in [0.1, 0.15) is 135 Å². The Morgan fingerprint density at radius 2 is 1.58 bits per heavy atom. The number of nitrogens with zero attached hydrogens (tertiary/aromatic N) is 4. The highest BCUT2D eigenvalue weighted by atomic mass is 19.1. The van der Waals surface area contributed by atoms with Crippen LogP contribution in [0.3, 0.4) is 0 Å². The van der Waals surface area contributed by atoms with E-state index in [0.29, 0.717) is 37.2 Å². The molecule has 1 aromatic rings. The minimum atomic E-state index is -2.98. The summed E-state index contributed by atoms with van der Waals surface area (Å²) < 4.78 is 40.0. The molecule has 2 aliphatic rings. The number of ether oxygens (including phenoxy) is 4. The fourth-order valence-electron chi connectivity index (χ4n) is 8.24. The summed E-state index contributed by atoms with van der Waals surface area (Å²) in [6, 6.07) is 2.95. The second-order valence-electron chi connectivity index (χ2n) is 17.8. The van der Waals surface area contributed by atoms with Crippen molar-refractivity contribution in [1.29, 1.82) is 0 Å². The van der Waals surface area contributed by atoms with Crippen LogP contribution in [0.2, 0.25) is 0 Å². The van der Waals surface area contributed by atoms with Crippen LogP contribution in [0.15, 0.2) is 18.3 Å². The van der Waals surface area contributed by atoms with E-state index in [1.165, 1.54) is 18.4 Å². The Balaban J connectivity index is 0.00000344. The number of Topliss-reactive ketones (excluding diaryl/α,β-unsaturated/α-hetero) is 2. The van der Waals surface area contributed by atoms with Crippen LogP contribution in [-0.4, -0.2) is 121 Å². The molecule has 2 aliphatic heterocycles. The molecule has 0 unspecified atom stereocenters. The highest BCUT2D eigenvalue weighted by molar-refractivity contribution is 6.07. The fourth-order valence-corrected chi connectivity index (χ4v) is 8.24. The Hall–Kier alpha value is -3.36. The lowest BCUT2D eigenvalue weighted by Crippen LogP contribution is -2.53. The van der Waals surface area contributed by atoms with Crippen molar-refractivity contribution in [3.05, 3.63) is 18.3 Å². The van der Waals surface area contributed by atoms with Gasteiger partial charge in [0.25, 0.3) is 5.67 Å². The number of ketones is 2. The van der Waals surface area contributed by atoms with E-state index in [4.69, 9.17) is 24.7 Å². The molecule has 14 heteroatoms. The van der Waals surface area contributed by atoms with Crippen molar-refractivity contribution >= 4 is 35.1 Å². The molecule has 0 aliphatic carbocycles. The maximum atomic E-state index is 16.4. The first-order valence-electron chi connectivity index (χ1n) is 22.2. The van der Waals surface area contributed by atoms with Crippen molar-refractivity contribution < 1.29 is 42.5 Å². The molecular formula is C46H82FN5O8. The molecule has 60 heavy (non-hydrogen) atoms. The Kier molecular flexibility index (Phi) is 22.7. The van der Waals surface area contributed by atoms with Gasteiger partial charge >= 0.3 is 12.1 Å². The van der Waals surface area contributed by atoms with Crippen molar-refractivity contribution in [3.8, 4) is 0 Å². The molecule has 2 saturated heterocycles. The van der Waals surface area contributed by atoms with Gasteiger partial charge in [0.2, 0.25) is 0 Å². The molecule has 0 radical (unpaired) electrons. The summed E-state index contributed by atoms with van der Waals surface area (Å²) in [6.07, 6.45) is 2.46. The Labute approximate surface area is 361 Å². The van der Waals surface area contributed by atoms with Gasteiger partial charge in [-0.1, -0.05) is 61.8 Å². The number of amides is 1. The van der Waals surface area contributed by atoms with E-state index in [-0.39, 0.29) is 30.9 Å². The molecule has 1 aromatic heterocycles. The number of alkyl halides is 1. The summed E-state index contributed by atoms with van der Waals surface area (Å²) >= 11 is 0. The molecule has 3 rings (SSSR count). The van der Waals surface area contributed by atoms with Gasteiger partial charge in [-0.3, -0.25) is 9.59 Å². The number of nitrogens with two attached hydrogens (primary N) is 1. The monoisotopic (exact) mass is 852 g/mol. The molecule has 0 saturated carbocycles. The second kappa shape index (κ2) is 24.9. The van der Waals surface area contributed by atoms with Gasteiger partial charge in [0, 0.05) is 68.0 Å². The second-order valence-corrected chi connectivity index (χ2v) is 17.8. The van der Waals surface area contributed by atoms with Gasteiger partial charge in [0.15, 0.2) is 17.9 Å². The van der Waals surface area contributed by atoms with Crippen molar-refractivity contribution in [1.82, 2.24) is 14.8 Å². The van der Waals surface area contributed by atoms with Gasteiger partial charge < -0.3 is 39.4 Å². The standard InChI is InChI=1S/C41H68FN5O8.C3H8.C2H6/c1-24-20-25(2)35(55-33-23-30(45(10)11)21-26(3)53-33)29(6)36(49)41(9,42)38(50)54-27(4)22-32(28(5)34(24)48)47(39(51)52-13)19-15-17-40(7,8)46(12)37-31(43)16-14-18-44-37;1-3-2;1-2/h14,16,18,24-30,32-33,35H,15,17,19-23,43H2,1-13H3;3H2,1-2H3;1-2H3/t24-,25+,26-,27-,28-,29-,30+,32+,33+,35+,41+;;/m1../s1. The molecule has 0 spiro atoms. The van der Waals surface area contributed by atoms with Crippen LogP contribution >= 0.6 is 0 Å². The number of halogens is 1. The number of carbonyl (C=O) groups is 4. The molecule has 11 atom stereocenters. The predicted molar refractivity (Wildman–Crippen MR) is 237 cm³/mol. The zero-order valence-corrected chi connectivity index (χ0v) is 40.2. The third-order valence-electron chi connectivity index (χ3n) is 12.0. The maximum Gasteiger partial charge on any atom is 0.409 e. The number of anilines is 2. The molecule has 0 bridgehead atoms. The van der Waals surface area contributed by atoms with Crippen molar-refractivity contribution in [2.75, 3.05) is 45.4 Å². The lowest BCUT2D eigenvalue weighted by atomic mass is 9.77. The molecule has 0 aromatic carbocycles. The summed E-state index contributed by atoms with van der Waals surface area (Å²) in [5.41, 5.74) is 3.35. The molecule has 13 nitrogen and oxygen atoms in total. The molecular weight excluding hydrogens is 770 g/mol. The molecule has 2 fully saturated rings. The average molecular weight is 852 g/mol. The quantitative estimate of drug-likeness (QED) is 0.177. The molecule has 1 amide bonds. The minimum Gasteiger partial charge on any atom is -0.460 e. The van der Waals surface area contributed by atoms with E-state index >= 15 is 4.39 Å². The minimum absolute atomic E-state index is 0.0135. The molecule has 346 valence electrons. The average Bonchev–Trinajstić information content (AvgIpc) is 3.19. The first kappa shape index (κ1) is 54.7. The number of aromatic nitrogens is 1. The van der Waals surface area contributed by atoms with Gasteiger partial charge in [0.05, 0.1) is 25.0 Å². The summed E-state index contributed by atoms with van der Waals surface area (Å²) in [5.74, 6) is -4.47. The predicted octanol–water partition coefficient (Wildman–Crippen LogP) is 8.52. The Morgan fingerprint density at radius 3 is 2.13 bits per heavy atom. The fraction of sp³-hybridized carbons (Fsp3) is 0.804. The smallest absolute Gasteiger partial charge is 0.409 e. The van der Waals surface area contributed by atoms with E-state index in [2.05, 4.69) is 37.6 Å². The van der Waals surface area contributed by atoms with Gasteiger partial charge in [-0.05, 0) is 92.4 Å². The first-order valence-corrected chi connectivity index (χ1v) is 22.2. The maximum absolute atomic E-state index is 16.4. The van der Waals surface area contributed by atoms with Crippen molar-refractivity contribution in [2.45, 2.75) is 183 Å². The van der Waals surface area contributed by atoms with Crippen LogP contribution in [0.4, 0.5) is 20.7 Å². The van der Waals surface area contributed by atoms with Crippen molar-refractivity contribution in [3.63, 3.8) is 0 Å². The highest BCUT2D eigenvalue weighted by Crippen LogP contribution is 2.36. The third kappa shape index (κ3) is 14.9. The number of methoxy groups -OCH3 is 1. The third-order valence-corrected chi connectivity index (χ3v) is 12.0. The van der Waals surface area contributed by atoms with Crippen LogP contribution in [0.25, 0.3) is 0 Å². The van der Waals surface area contributed by atoms with Gasteiger partial charge in [-0.2, -0.15) is 0 Å². The van der Waals surface area contributed by atoms with Crippen LogP contribution in [-0.2, 0) is 33.3 Å². The number of rotatable bonds is 10. The largest absolute Gasteiger partial charge is 0.460 e. The molecule has 3 heterocycles. The topological polar surface area (TPSA) is 154 Å². The zero-order valence-electron chi connectivity index (χ0n) is 40.2. The summed E-state index contributed by atoms with van der Waals surface area (Å²) in [7, 11) is 7.16. The summed E-state index contributed by atoms with van der Waals surface area (Å²) in [4.78, 5) is 65.3. The van der Waals surface area contributed by atoms with Gasteiger partial charge in [-0.15, -0.1) is 0 Å². The SMILES string of the molecule is CC.CCC.COC(=O)N(CCCC(C)(C)N(C)c1ncccc1N)[C@H]1C[C@@H](C)OC(=O)[C@@](C)(F)C(=O)[C@H](C)[C@@H](O[C@H]2C[C@@H](N(C)C)C[C@@H](C)O2)[C@@H](C)C[C@@H](C)C(=O)[C@@H]1C. The van der Waals surface area contributed by atoms with Gasteiger partial charge in [0.1, 0.15) is 11.9 Å². The first-order chi connectivity index (χ1) is 27.9. The van der Waals surface area contributed by atoms with E-state index in [1.807, 2.05) is 60.7 Å². The van der Waals surface area contributed by atoms with E-state index in [0.717, 1.165) is 13.3 Å². The summed E-state index contributed by atoms with van der Waals surface area (Å²) in [6.45, 7) is 24.1. The highest BCUT2D eigenvalue weighted by Gasteiger charge is 2.50.